The molecule has 274 valence electrons. The van der Waals surface area contributed by atoms with Gasteiger partial charge in [-0.1, -0.05) is 207 Å². The van der Waals surface area contributed by atoms with Crippen LogP contribution < -0.4 is 0 Å². The van der Waals surface area contributed by atoms with Gasteiger partial charge < -0.3 is 10.2 Å². The first-order chi connectivity index (χ1) is 22.2. The molecule has 0 radical (unpaired) electrons. The van der Waals surface area contributed by atoms with E-state index in [1.807, 2.05) is 0 Å². The molecule has 0 heterocycles. The van der Waals surface area contributed by atoms with E-state index in [-0.39, 0.29) is 6.42 Å². The summed E-state index contributed by atoms with van der Waals surface area (Å²) in [6.07, 6.45) is 38.8. The molecule has 46 heavy (non-hydrogen) atoms. The van der Waals surface area contributed by atoms with Crippen molar-refractivity contribution in [1.29, 1.82) is 0 Å². The fourth-order valence-electron chi connectivity index (χ4n) is 7.18. The lowest BCUT2D eigenvalue weighted by molar-refractivity contribution is -0.151. The van der Waals surface area contributed by atoms with Crippen LogP contribution in [0.1, 0.15) is 240 Å². The molecular weight excluding hydrogens is 568 g/mol. The third-order valence-corrected chi connectivity index (χ3v) is 10.4. The van der Waals surface area contributed by atoms with Crippen LogP contribution in [0, 0.1) is 17.3 Å². The van der Waals surface area contributed by atoms with Gasteiger partial charge in [-0.25, -0.2) is 0 Å². The predicted octanol–water partition coefficient (Wildman–Crippen LogP) is 14.3. The molecular formula is C42H82O4. The monoisotopic (exact) mass is 651 g/mol. The molecule has 0 atom stereocenters. The molecule has 4 heteroatoms. The second kappa shape index (κ2) is 32.5. The van der Waals surface area contributed by atoms with Crippen molar-refractivity contribution in [1.82, 2.24) is 0 Å². The Kier molecular flexibility index (Phi) is 31.7. The van der Waals surface area contributed by atoms with Gasteiger partial charge in [0.15, 0.2) is 0 Å². The smallest absolute Gasteiger partial charge is 0.309 e. The lowest BCUT2D eigenvalue weighted by Gasteiger charge is -2.30. The van der Waals surface area contributed by atoms with Crippen LogP contribution >= 0.6 is 0 Å². The minimum Gasteiger partial charge on any atom is -0.481 e. The molecule has 4 nitrogen and oxygen atoms in total. The van der Waals surface area contributed by atoms with Gasteiger partial charge in [-0.2, -0.15) is 0 Å². The number of rotatable bonds is 37. The Morgan fingerprint density at radius 3 is 0.870 bits per heavy atom. The zero-order chi connectivity index (χ0) is 34.1. The summed E-state index contributed by atoms with van der Waals surface area (Å²) in [5.74, 6) is 0.391. The van der Waals surface area contributed by atoms with Crippen molar-refractivity contribution in [2.24, 2.45) is 17.3 Å². The van der Waals surface area contributed by atoms with Crippen molar-refractivity contribution in [2.45, 2.75) is 240 Å². The number of aliphatic carboxylic acids is 2. The SMILES string of the molecule is CC(C)CCCCCCCCCCCCCC(CCCCCCCCCCCCCC(C)C)(CCCCCCCC(=O)O)C(=O)O. The van der Waals surface area contributed by atoms with Gasteiger partial charge in [0.25, 0.3) is 0 Å². The van der Waals surface area contributed by atoms with Gasteiger partial charge in [0.05, 0.1) is 5.41 Å². The molecule has 0 fully saturated rings. The Hall–Kier alpha value is -1.06. The van der Waals surface area contributed by atoms with Gasteiger partial charge >= 0.3 is 11.9 Å². The molecule has 0 saturated carbocycles. The van der Waals surface area contributed by atoms with Crippen molar-refractivity contribution < 1.29 is 19.8 Å². The summed E-state index contributed by atoms with van der Waals surface area (Å²) in [5, 5.41) is 19.3. The van der Waals surface area contributed by atoms with Crippen LogP contribution in [-0.2, 0) is 9.59 Å². The Bertz CT molecular complexity index is 637. The topological polar surface area (TPSA) is 74.6 Å². The van der Waals surface area contributed by atoms with E-state index in [1.165, 1.54) is 128 Å². The van der Waals surface area contributed by atoms with E-state index < -0.39 is 17.4 Å². The molecule has 0 bridgehead atoms. The van der Waals surface area contributed by atoms with Gasteiger partial charge in [-0.3, -0.25) is 9.59 Å². The second-order valence-electron chi connectivity index (χ2n) is 15.9. The normalized spacial score (nSPS) is 12.0. The quantitative estimate of drug-likeness (QED) is 0.0656. The van der Waals surface area contributed by atoms with Gasteiger partial charge in [0.1, 0.15) is 0 Å². The molecule has 0 aromatic carbocycles. The molecule has 0 aliphatic carbocycles. The molecule has 0 spiro atoms. The highest BCUT2D eigenvalue weighted by Crippen LogP contribution is 2.38. The number of carbonyl (C=O) groups is 2. The average molecular weight is 651 g/mol. The number of carboxylic acids is 2. The Labute approximate surface area is 288 Å². The second-order valence-corrected chi connectivity index (χ2v) is 15.9. The van der Waals surface area contributed by atoms with E-state index >= 15 is 0 Å². The predicted molar refractivity (Wildman–Crippen MR) is 200 cm³/mol. The Morgan fingerprint density at radius 1 is 0.391 bits per heavy atom. The van der Waals surface area contributed by atoms with E-state index in [0.717, 1.165) is 88.9 Å². The molecule has 2 N–H and O–H groups in total. The standard InChI is InChI=1S/C42H82O4/c1-38(2)32-26-20-15-11-7-5-9-13-17-23-29-35-42(41(45)46,37-31-25-19-22-28-34-40(43)44)36-30-24-18-14-10-6-8-12-16-21-27-33-39(3)4/h38-39H,5-37H2,1-4H3,(H,43,44)(H,45,46). The first-order valence-electron chi connectivity index (χ1n) is 20.6. The summed E-state index contributed by atoms with van der Waals surface area (Å²) in [4.78, 5) is 23.5. The van der Waals surface area contributed by atoms with Crippen molar-refractivity contribution in [3.8, 4) is 0 Å². The third-order valence-electron chi connectivity index (χ3n) is 10.4. The highest BCUT2D eigenvalue weighted by Gasteiger charge is 2.36. The fourth-order valence-corrected chi connectivity index (χ4v) is 7.18. The molecule has 0 unspecified atom stereocenters. The first kappa shape index (κ1) is 44.9. The summed E-state index contributed by atoms with van der Waals surface area (Å²) in [6, 6.07) is 0. The highest BCUT2D eigenvalue weighted by molar-refractivity contribution is 5.74. The van der Waals surface area contributed by atoms with Gasteiger partial charge in [-0.15, -0.1) is 0 Å². The fraction of sp³-hybridized carbons (Fsp3) is 0.952. The lowest BCUT2D eigenvalue weighted by Crippen LogP contribution is -2.31. The maximum Gasteiger partial charge on any atom is 0.309 e. The van der Waals surface area contributed by atoms with E-state index in [0.29, 0.717) is 0 Å². The molecule has 0 aliphatic rings. The first-order valence-corrected chi connectivity index (χ1v) is 20.6. The maximum absolute atomic E-state index is 12.7. The summed E-state index contributed by atoms with van der Waals surface area (Å²) in [7, 11) is 0. The van der Waals surface area contributed by atoms with Crippen molar-refractivity contribution in [3.63, 3.8) is 0 Å². The maximum atomic E-state index is 12.7. The number of unbranched alkanes of at least 4 members (excludes halogenated alkanes) is 24. The van der Waals surface area contributed by atoms with Crippen LogP contribution in [0.25, 0.3) is 0 Å². The zero-order valence-corrected chi connectivity index (χ0v) is 31.7. The van der Waals surface area contributed by atoms with Crippen LogP contribution in [0.15, 0.2) is 0 Å². The third kappa shape index (κ3) is 30.3. The van der Waals surface area contributed by atoms with E-state index in [2.05, 4.69) is 27.7 Å². The average Bonchev–Trinajstić information content (AvgIpc) is 3.00. The van der Waals surface area contributed by atoms with Crippen molar-refractivity contribution in [2.75, 3.05) is 0 Å². The van der Waals surface area contributed by atoms with Crippen LogP contribution in [0.2, 0.25) is 0 Å². The summed E-state index contributed by atoms with van der Waals surface area (Å²) in [5.41, 5.74) is -0.563. The van der Waals surface area contributed by atoms with Crippen molar-refractivity contribution >= 4 is 11.9 Å². The van der Waals surface area contributed by atoms with Crippen molar-refractivity contribution in [3.05, 3.63) is 0 Å². The van der Waals surface area contributed by atoms with E-state index in [4.69, 9.17) is 5.11 Å². The molecule has 0 amide bonds. The summed E-state index contributed by atoms with van der Waals surface area (Å²) >= 11 is 0. The van der Waals surface area contributed by atoms with Gasteiger partial charge in [0, 0.05) is 6.42 Å². The minimum absolute atomic E-state index is 0.246. The van der Waals surface area contributed by atoms with Crippen LogP contribution in [0.5, 0.6) is 0 Å². The number of hydrogen-bond acceptors (Lipinski definition) is 2. The molecule has 0 aromatic rings. The number of carboxylic acid groups (broad SMARTS) is 2. The molecule has 0 saturated heterocycles. The zero-order valence-electron chi connectivity index (χ0n) is 31.7. The van der Waals surface area contributed by atoms with Crippen LogP contribution in [0.3, 0.4) is 0 Å². The van der Waals surface area contributed by atoms with Crippen LogP contribution in [-0.4, -0.2) is 22.2 Å². The Balaban J connectivity index is 4.32. The summed E-state index contributed by atoms with van der Waals surface area (Å²) < 4.78 is 0. The minimum atomic E-state index is -0.718. The lowest BCUT2D eigenvalue weighted by atomic mass is 9.74. The van der Waals surface area contributed by atoms with Gasteiger partial charge in [-0.05, 0) is 37.5 Å². The highest BCUT2D eigenvalue weighted by atomic mass is 16.4. The van der Waals surface area contributed by atoms with E-state index in [1.54, 1.807) is 0 Å². The summed E-state index contributed by atoms with van der Waals surface area (Å²) in [6.45, 7) is 9.27. The molecule has 0 rings (SSSR count). The Morgan fingerprint density at radius 2 is 0.630 bits per heavy atom. The molecule has 0 aromatic heterocycles. The number of hydrogen-bond donors (Lipinski definition) is 2. The largest absolute Gasteiger partial charge is 0.481 e. The molecule has 0 aliphatic heterocycles. The van der Waals surface area contributed by atoms with Gasteiger partial charge in [0.2, 0.25) is 0 Å². The van der Waals surface area contributed by atoms with E-state index in [9.17, 15) is 14.7 Å². The van der Waals surface area contributed by atoms with Crippen LogP contribution in [0.4, 0.5) is 0 Å².